The number of nitrogens with one attached hydrogen (secondary N) is 1. The average molecular weight is 276 g/mol. The number of rotatable bonds is 4. The summed E-state index contributed by atoms with van der Waals surface area (Å²) in [5, 5.41) is 3.19. The molecule has 2 aromatic rings. The first-order valence-electron chi connectivity index (χ1n) is 5.86. The molecule has 0 saturated heterocycles. The molecule has 0 aliphatic rings. The molecule has 3 N–H and O–H groups in total. The molecule has 5 heteroatoms. The summed E-state index contributed by atoms with van der Waals surface area (Å²) in [4.78, 5) is 15.7. The second-order valence-corrected chi connectivity index (χ2v) is 4.46. The van der Waals surface area contributed by atoms with E-state index in [2.05, 4.69) is 10.3 Å². The van der Waals surface area contributed by atoms with E-state index in [4.69, 9.17) is 17.3 Å². The summed E-state index contributed by atoms with van der Waals surface area (Å²) in [5.74, 6) is -0.178. The van der Waals surface area contributed by atoms with Gasteiger partial charge in [0.15, 0.2) is 0 Å². The summed E-state index contributed by atoms with van der Waals surface area (Å²) >= 11 is 5.67. The first-order chi connectivity index (χ1) is 9.19. The minimum atomic E-state index is -0.178. The van der Waals surface area contributed by atoms with Crippen LogP contribution in [0, 0.1) is 0 Å². The van der Waals surface area contributed by atoms with Crippen molar-refractivity contribution in [3.8, 4) is 0 Å². The van der Waals surface area contributed by atoms with E-state index in [1.807, 2.05) is 24.3 Å². The van der Waals surface area contributed by atoms with Gasteiger partial charge in [0.05, 0.1) is 5.56 Å². The van der Waals surface area contributed by atoms with Gasteiger partial charge in [-0.2, -0.15) is 0 Å². The lowest BCUT2D eigenvalue weighted by Gasteiger charge is -2.06. The van der Waals surface area contributed by atoms with Crippen LogP contribution in [0.5, 0.6) is 0 Å². The van der Waals surface area contributed by atoms with Gasteiger partial charge in [0.25, 0.3) is 5.91 Å². The number of nitrogens with zero attached hydrogens (tertiary/aromatic N) is 1. The first-order valence-corrected chi connectivity index (χ1v) is 6.24. The van der Waals surface area contributed by atoms with Crippen LogP contribution in [0.15, 0.2) is 42.6 Å². The summed E-state index contributed by atoms with van der Waals surface area (Å²) in [6.07, 6.45) is 1.45. The van der Waals surface area contributed by atoms with E-state index in [0.717, 1.165) is 11.1 Å². The number of amides is 1. The van der Waals surface area contributed by atoms with Gasteiger partial charge in [0.1, 0.15) is 5.15 Å². The zero-order chi connectivity index (χ0) is 13.7. The number of carbonyl (C=O) groups excluding carboxylic acids is 1. The van der Waals surface area contributed by atoms with E-state index in [-0.39, 0.29) is 5.91 Å². The standard InChI is InChI=1S/C14H14ClN3O/c15-13-5-4-12(9-17-13)14(19)18-8-11-3-1-2-10(6-11)7-16/h1-6,9H,7-8,16H2,(H,18,19). The third-order valence-corrected chi connectivity index (χ3v) is 2.89. The Morgan fingerprint density at radius 2 is 2.05 bits per heavy atom. The lowest BCUT2D eigenvalue weighted by molar-refractivity contribution is 0.0950. The van der Waals surface area contributed by atoms with Crippen LogP contribution in [0.3, 0.4) is 0 Å². The second-order valence-electron chi connectivity index (χ2n) is 4.08. The van der Waals surface area contributed by atoms with Crippen LogP contribution in [-0.2, 0) is 13.1 Å². The van der Waals surface area contributed by atoms with E-state index in [0.29, 0.717) is 23.8 Å². The third-order valence-electron chi connectivity index (χ3n) is 2.67. The Bertz CT molecular complexity index is 569. The van der Waals surface area contributed by atoms with Crippen molar-refractivity contribution < 1.29 is 4.79 Å². The SMILES string of the molecule is NCc1cccc(CNC(=O)c2ccc(Cl)nc2)c1. The highest BCUT2D eigenvalue weighted by Gasteiger charge is 2.05. The number of benzene rings is 1. The largest absolute Gasteiger partial charge is 0.348 e. The van der Waals surface area contributed by atoms with Crippen molar-refractivity contribution in [2.24, 2.45) is 5.73 Å². The number of carbonyl (C=O) groups is 1. The Morgan fingerprint density at radius 1 is 1.26 bits per heavy atom. The minimum Gasteiger partial charge on any atom is -0.348 e. The average Bonchev–Trinajstić information content (AvgIpc) is 2.46. The molecule has 1 amide bonds. The van der Waals surface area contributed by atoms with Crippen LogP contribution in [0.1, 0.15) is 21.5 Å². The fraction of sp³-hybridized carbons (Fsp3) is 0.143. The van der Waals surface area contributed by atoms with Gasteiger partial charge in [-0.15, -0.1) is 0 Å². The molecule has 1 aromatic carbocycles. The fourth-order valence-electron chi connectivity index (χ4n) is 1.66. The van der Waals surface area contributed by atoms with Gasteiger partial charge in [0.2, 0.25) is 0 Å². The lowest BCUT2D eigenvalue weighted by Crippen LogP contribution is -2.23. The van der Waals surface area contributed by atoms with Gasteiger partial charge < -0.3 is 11.1 Å². The number of hydrogen-bond acceptors (Lipinski definition) is 3. The van der Waals surface area contributed by atoms with Crippen molar-refractivity contribution in [3.05, 3.63) is 64.4 Å². The maximum Gasteiger partial charge on any atom is 0.253 e. The predicted octanol–water partition coefficient (Wildman–Crippen LogP) is 2.12. The van der Waals surface area contributed by atoms with Gasteiger partial charge in [-0.1, -0.05) is 35.9 Å². The number of halogens is 1. The molecule has 0 radical (unpaired) electrons. The van der Waals surface area contributed by atoms with Crippen LogP contribution in [-0.4, -0.2) is 10.9 Å². The molecule has 2 rings (SSSR count). The van der Waals surface area contributed by atoms with Crippen molar-refractivity contribution in [2.45, 2.75) is 13.1 Å². The number of pyridine rings is 1. The minimum absolute atomic E-state index is 0.178. The number of nitrogens with two attached hydrogens (primary N) is 1. The lowest BCUT2D eigenvalue weighted by atomic mass is 10.1. The highest BCUT2D eigenvalue weighted by molar-refractivity contribution is 6.29. The topological polar surface area (TPSA) is 68.0 Å². The van der Waals surface area contributed by atoms with Crippen LogP contribution >= 0.6 is 11.6 Å². The van der Waals surface area contributed by atoms with Gasteiger partial charge in [0, 0.05) is 19.3 Å². The van der Waals surface area contributed by atoms with Crippen LogP contribution < -0.4 is 11.1 Å². The van der Waals surface area contributed by atoms with Crippen molar-refractivity contribution in [1.29, 1.82) is 0 Å². The van der Waals surface area contributed by atoms with E-state index in [1.54, 1.807) is 12.1 Å². The van der Waals surface area contributed by atoms with Gasteiger partial charge in [-0.25, -0.2) is 4.98 Å². The van der Waals surface area contributed by atoms with E-state index >= 15 is 0 Å². The zero-order valence-electron chi connectivity index (χ0n) is 10.3. The molecule has 0 spiro atoms. The summed E-state index contributed by atoms with van der Waals surface area (Å²) in [5.41, 5.74) is 8.11. The smallest absolute Gasteiger partial charge is 0.253 e. The molecule has 0 saturated carbocycles. The maximum absolute atomic E-state index is 11.9. The molecule has 0 aliphatic carbocycles. The van der Waals surface area contributed by atoms with Crippen LogP contribution in [0.2, 0.25) is 5.15 Å². The highest BCUT2D eigenvalue weighted by Crippen LogP contribution is 2.07. The number of hydrogen-bond donors (Lipinski definition) is 2. The van der Waals surface area contributed by atoms with Crippen molar-refractivity contribution in [3.63, 3.8) is 0 Å². The van der Waals surface area contributed by atoms with Gasteiger partial charge in [-0.3, -0.25) is 4.79 Å². The Balaban J connectivity index is 1.98. The van der Waals surface area contributed by atoms with E-state index < -0.39 is 0 Å². The highest BCUT2D eigenvalue weighted by atomic mass is 35.5. The van der Waals surface area contributed by atoms with Crippen molar-refractivity contribution >= 4 is 17.5 Å². The summed E-state index contributed by atoms with van der Waals surface area (Å²) in [6.45, 7) is 0.943. The molecule has 1 heterocycles. The molecule has 4 nitrogen and oxygen atoms in total. The molecule has 98 valence electrons. The molecule has 1 aromatic heterocycles. The molecule has 0 fully saturated rings. The predicted molar refractivity (Wildman–Crippen MR) is 74.8 cm³/mol. The normalized spacial score (nSPS) is 10.2. The molecular weight excluding hydrogens is 262 g/mol. The quantitative estimate of drug-likeness (QED) is 0.840. The van der Waals surface area contributed by atoms with Crippen LogP contribution in [0.25, 0.3) is 0 Å². The maximum atomic E-state index is 11.9. The third kappa shape index (κ3) is 3.77. The molecule has 0 aliphatic heterocycles. The van der Waals surface area contributed by atoms with Gasteiger partial charge >= 0.3 is 0 Å². The Hall–Kier alpha value is -1.91. The zero-order valence-corrected chi connectivity index (χ0v) is 11.0. The van der Waals surface area contributed by atoms with E-state index in [1.165, 1.54) is 6.20 Å². The molecule has 0 atom stereocenters. The molecule has 0 unspecified atom stereocenters. The molecule has 0 bridgehead atoms. The summed E-state index contributed by atoms with van der Waals surface area (Å²) < 4.78 is 0. The molecule has 19 heavy (non-hydrogen) atoms. The molecular formula is C14H14ClN3O. The van der Waals surface area contributed by atoms with Crippen molar-refractivity contribution in [1.82, 2.24) is 10.3 Å². The van der Waals surface area contributed by atoms with Crippen LogP contribution in [0.4, 0.5) is 0 Å². The first kappa shape index (κ1) is 13.5. The fourth-order valence-corrected chi connectivity index (χ4v) is 1.77. The van der Waals surface area contributed by atoms with E-state index in [9.17, 15) is 4.79 Å². The van der Waals surface area contributed by atoms with Crippen molar-refractivity contribution in [2.75, 3.05) is 0 Å². The monoisotopic (exact) mass is 275 g/mol. The Labute approximate surface area is 116 Å². The number of aromatic nitrogens is 1. The Morgan fingerprint density at radius 3 is 2.74 bits per heavy atom. The van der Waals surface area contributed by atoms with Gasteiger partial charge in [-0.05, 0) is 23.3 Å². The summed E-state index contributed by atoms with van der Waals surface area (Å²) in [6, 6.07) is 11.0. The Kier molecular flexibility index (Phi) is 4.49. The second kappa shape index (κ2) is 6.31. The summed E-state index contributed by atoms with van der Waals surface area (Å²) in [7, 11) is 0.